The van der Waals surface area contributed by atoms with Gasteiger partial charge >= 0.3 is 0 Å². The van der Waals surface area contributed by atoms with Gasteiger partial charge in [-0.1, -0.05) is 38.5 Å². The van der Waals surface area contributed by atoms with Crippen molar-refractivity contribution in [3.63, 3.8) is 0 Å². The first-order chi connectivity index (χ1) is 10.6. The van der Waals surface area contributed by atoms with Crippen molar-refractivity contribution in [2.45, 2.75) is 20.3 Å². The number of hydrogen-bond acceptors (Lipinski definition) is 5. The van der Waals surface area contributed by atoms with Crippen LogP contribution in [-0.2, 0) is 0 Å². The quantitative estimate of drug-likeness (QED) is 0.731. The van der Waals surface area contributed by atoms with Crippen LogP contribution in [-0.4, -0.2) is 22.4 Å². The van der Waals surface area contributed by atoms with Crippen molar-refractivity contribution < 1.29 is 4.79 Å². The molecule has 0 aliphatic heterocycles. The van der Waals surface area contributed by atoms with E-state index in [9.17, 15) is 4.79 Å². The van der Waals surface area contributed by atoms with Gasteiger partial charge in [0.15, 0.2) is 0 Å². The summed E-state index contributed by atoms with van der Waals surface area (Å²) in [6.45, 7) is 5.05. The highest BCUT2D eigenvalue weighted by Crippen LogP contribution is 2.19. The van der Waals surface area contributed by atoms with E-state index in [-0.39, 0.29) is 5.56 Å². The molecule has 1 amide bonds. The zero-order chi connectivity index (χ0) is 15.9. The van der Waals surface area contributed by atoms with Crippen molar-refractivity contribution in [2.75, 3.05) is 17.2 Å². The second kappa shape index (κ2) is 7.40. The van der Waals surface area contributed by atoms with Crippen LogP contribution < -0.4 is 16.4 Å². The predicted octanol–water partition coefficient (Wildman–Crippen LogP) is 2.78. The molecular formula is C16H21N5O. The number of hydrogen-bond donors (Lipinski definition) is 3. The summed E-state index contributed by atoms with van der Waals surface area (Å²) in [6.07, 6.45) is 2.51. The topological polar surface area (TPSA) is 92.9 Å². The molecule has 0 spiro atoms. The van der Waals surface area contributed by atoms with Crippen LogP contribution in [0.2, 0.25) is 0 Å². The summed E-state index contributed by atoms with van der Waals surface area (Å²) in [5.74, 6) is 0.834. The standard InChI is InChI=1S/C16H21N5O/c1-3-11(2)9-18-16-19-10-13(14(17)22)15(21-16)20-12-7-5-4-6-8-12/h4-8,10-11H,3,9H2,1-2H3,(H2,17,22)(H2,18,19,20,21). The van der Waals surface area contributed by atoms with E-state index in [4.69, 9.17) is 5.73 Å². The van der Waals surface area contributed by atoms with Crippen LogP contribution in [0.5, 0.6) is 0 Å². The number of nitrogens with two attached hydrogens (primary N) is 1. The minimum atomic E-state index is -0.563. The number of anilines is 3. The molecule has 0 aliphatic carbocycles. The molecule has 6 heteroatoms. The van der Waals surface area contributed by atoms with Crippen molar-refractivity contribution >= 4 is 23.4 Å². The summed E-state index contributed by atoms with van der Waals surface area (Å²) < 4.78 is 0. The normalized spacial score (nSPS) is 11.7. The van der Waals surface area contributed by atoms with E-state index in [1.807, 2.05) is 30.3 Å². The Hall–Kier alpha value is -2.63. The third-order valence-corrected chi connectivity index (χ3v) is 3.40. The molecule has 0 saturated carbocycles. The average molecular weight is 299 g/mol. The molecule has 1 atom stereocenters. The highest BCUT2D eigenvalue weighted by molar-refractivity contribution is 5.98. The second-order valence-electron chi connectivity index (χ2n) is 5.21. The number of rotatable bonds is 7. The maximum absolute atomic E-state index is 11.5. The van der Waals surface area contributed by atoms with E-state index in [0.717, 1.165) is 18.7 Å². The van der Waals surface area contributed by atoms with E-state index in [0.29, 0.717) is 17.7 Å². The van der Waals surface area contributed by atoms with Crippen molar-refractivity contribution in [1.82, 2.24) is 9.97 Å². The Morgan fingerprint density at radius 1 is 1.32 bits per heavy atom. The molecule has 116 valence electrons. The summed E-state index contributed by atoms with van der Waals surface area (Å²) in [5, 5.41) is 6.28. The van der Waals surface area contributed by atoms with Gasteiger partial charge in [-0.3, -0.25) is 4.79 Å². The lowest BCUT2D eigenvalue weighted by Gasteiger charge is -2.13. The molecule has 2 aromatic rings. The van der Waals surface area contributed by atoms with Gasteiger partial charge in [-0.15, -0.1) is 0 Å². The minimum absolute atomic E-state index is 0.262. The van der Waals surface area contributed by atoms with Crippen LogP contribution in [0.25, 0.3) is 0 Å². The van der Waals surface area contributed by atoms with Crippen LogP contribution in [0.4, 0.5) is 17.5 Å². The average Bonchev–Trinajstić information content (AvgIpc) is 2.53. The Morgan fingerprint density at radius 2 is 2.05 bits per heavy atom. The lowest BCUT2D eigenvalue weighted by molar-refractivity contribution is 0.100. The van der Waals surface area contributed by atoms with E-state index in [1.54, 1.807) is 0 Å². The van der Waals surface area contributed by atoms with E-state index in [1.165, 1.54) is 6.20 Å². The fourth-order valence-corrected chi connectivity index (χ4v) is 1.81. The Kier molecular flexibility index (Phi) is 5.30. The highest BCUT2D eigenvalue weighted by Gasteiger charge is 2.12. The van der Waals surface area contributed by atoms with Gasteiger partial charge in [0.25, 0.3) is 5.91 Å². The number of primary amides is 1. The van der Waals surface area contributed by atoms with Gasteiger partial charge < -0.3 is 16.4 Å². The third kappa shape index (κ3) is 4.18. The van der Waals surface area contributed by atoms with E-state index >= 15 is 0 Å². The molecule has 0 bridgehead atoms. The maximum atomic E-state index is 11.5. The molecule has 6 nitrogen and oxygen atoms in total. The van der Waals surface area contributed by atoms with Crippen molar-refractivity contribution in [3.8, 4) is 0 Å². The molecule has 22 heavy (non-hydrogen) atoms. The summed E-state index contributed by atoms with van der Waals surface area (Å²) >= 11 is 0. The Morgan fingerprint density at radius 3 is 2.68 bits per heavy atom. The van der Waals surface area contributed by atoms with Gasteiger partial charge in [-0.05, 0) is 18.1 Å². The van der Waals surface area contributed by atoms with Gasteiger partial charge in [0.1, 0.15) is 11.4 Å². The summed E-state index contributed by atoms with van der Waals surface area (Å²) in [6, 6.07) is 9.49. The molecule has 1 unspecified atom stereocenters. The van der Waals surface area contributed by atoms with Crippen LogP contribution in [0.1, 0.15) is 30.6 Å². The lowest BCUT2D eigenvalue weighted by Crippen LogP contribution is -2.17. The first-order valence-corrected chi connectivity index (χ1v) is 7.33. The molecule has 1 aromatic heterocycles. The van der Waals surface area contributed by atoms with Crippen LogP contribution in [0.3, 0.4) is 0 Å². The van der Waals surface area contributed by atoms with Crippen LogP contribution in [0.15, 0.2) is 36.5 Å². The zero-order valence-corrected chi connectivity index (χ0v) is 12.8. The molecule has 0 aliphatic rings. The SMILES string of the molecule is CCC(C)CNc1ncc(C(N)=O)c(Nc2ccccc2)n1. The number of carbonyl (C=O) groups excluding carboxylic acids is 1. The monoisotopic (exact) mass is 299 g/mol. The predicted molar refractivity (Wildman–Crippen MR) is 88.2 cm³/mol. The zero-order valence-electron chi connectivity index (χ0n) is 12.8. The molecule has 0 radical (unpaired) electrons. The molecule has 0 fully saturated rings. The number of amides is 1. The number of nitrogens with zero attached hydrogens (tertiary/aromatic N) is 2. The van der Waals surface area contributed by atoms with Crippen LogP contribution in [0, 0.1) is 5.92 Å². The Bertz CT molecular complexity index is 630. The van der Waals surface area contributed by atoms with Crippen LogP contribution >= 0.6 is 0 Å². The van der Waals surface area contributed by atoms with Gasteiger partial charge in [-0.25, -0.2) is 4.98 Å². The van der Waals surface area contributed by atoms with E-state index in [2.05, 4.69) is 34.4 Å². The van der Waals surface area contributed by atoms with Gasteiger partial charge in [0.2, 0.25) is 5.95 Å². The summed E-state index contributed by atoms with van der Waals surface area (Å²) in [7, 11) is 0. The summed E-state index contributed by atoms with van der Waals surface area (Å²) in [4.78, 5) is 20.0. The first-order valence-electron chi connectivity index (χ1n) is 7.33. The molecule has 0 saturated heterocycles. The van der Waals surface area contributed by atoms with Crippen molar-refractivity contribution in [1.29, 1.82) is 0 Å². The third-order valence-electron chi connectivity index (χ3n) is 3.40. The molecule has 4 N–H and O–H groups in total. The number of benzene rings is 1. The Balaban J connectivity index is 2.22. The fraction of sp³-hybridized carbons (Fsp3) is 0.312. The number of aromatic nitrogens is 2. The van der Waals surface area contributed by atoms with Gasteiger partial charge in [-0.2, -0.15) is 4.98 Å². The smallest absolute Gasteiger partial charge is 0.254 e. The molecule has 1 aromatic carbocycles. The Labute approximate surface area is 130 Å². The lowest BCUT2D eigenvalue weighted by atomic mass is 10.1. The van der Waals surface area contributed by atoms with Crippen molar-refractivity contribution in [2.24, 2.45) is 11.7 Å². The second-order valence-corrected chi connectivity index (χ2v) is 5.21. The fourth-order valence-electron chi connectivity index (χ4n) is 1.81. The molecule has 1 heterocycles. The number of carbonyl (C=O) groups is 1. The first kappa shape index (κ1) is 15.8. The molecular weight excluding hydrogens is 278 g/mol. The molecule has 2 rings (SSSR count). The van der Waals surface area contributed by atoms with Gasteiger partial charge in [0, 0.05) is 18.4 Å². The highest BCUT2D eigenvalue weighted by atomic mass is 16.1. The van der Waals surface area contributed by atoms with Crippen molar-refractivity contribution in [3.05, 3.63) is 42.1 Å². The summed E-state index contributed by atoms with van der Waals surface area (Å²) in [5.41, 5.74) is 6.47. The largest absolute Gasteiger partial charge is 0.365 e. The van der Waals surface area contributed by atoms with Gasteiger partial charge in [0.05, 0.1) is 0 Å². The number of para-hydroxylation sites is 1. The van der Waals surface area contributed by atoms with E-state index < -0.39 is 5.91 Å². The number of nitrogens with one attached hydrogen (secondary N) is 2. The maximum Gasteiger partial charge on any atom is 0.254 e. The minimum Gasteiger partial charge on any atom is -0.365 e.